The highest BCUT2D eigenvalue weighted by Gasteiger charge is 2.20. The number of carbonyl (C=O) groups is 3. The molecule has 1 saturated carbocycles. The first-order valence-corrected chi connectivity index (χ1v) is 9.67. The number of nitrogens with one attached hydrogen (secondary N) is 2. The number of hydrogen-bond acceptors (Lipinski definition) is 6. The molecule has 2 rings (SSSR count). The van der Waals surface area contributed by atoms with Crippen molar-refractivity contribution < 1.29 is 28.6 Å². The van der Waals surface area contributed by atoms with E-state index in [1.54, 1.807) is 18.2 Å². The van der Waals surface area contributed by atoms with Crippen LogP contribution in [0.15, 0.2) is 18.2 Å². The Morgan fingerprint density at radius 1 is 1.04 bits per heavy atom. The van der Waals surface area contributed by atoms with E-state index < -0.39 is 24.5 Å². The molecule has 0 aromatic heterocycles. The molecule has 0 heterocycles. The molecule has 1 aromatic rings. The van der Waals surface area contributed by atoms with Crippen LogP contribution in [0, 0.1) is 5.92 Å². The van der Waals surface area contributed by atoms with Crippen molar-refractivity contribution in [2.75, 3.05) is 25.1 Å². The average Bonchev–Trinajstić information content (AvgIpc) is 3.15. The molecule has 3 amide bonds. The highest BCUT2D eigenvalue weighted by atomic mass is 16.5. The van der Waals surface area contributed by atoms with E-state index in [0.29, 0.717) is 42.7 Å². The third-order valence-corrected chi connectivity index (χ3v) is 4.35. The second kappa shape index (κ2) is 11.2. The summed E-state index contributed by atoms with van der Waals surface area (Å²) in [5, 5.41) is 4.67. The van der Waals surface area contributed by atoms with E-state index in [-0.39, 0.29) is 0 Å². The fraction of sp³-hybridized carbons (Fsp3) is 0.550. The second-order valence-corrected chi connectivity index (χ2v) is 6.55. The maximum Gasteiger partial charge on any atom is 0.325 e. The molecular weight excluding hydrogens is 364 g/mol. The van der Waals surface area contributed by atoms with Crippen molar-refractivity contribution in [2.45, 2.75) is 46.0 Å². The minimum Gasteiger partial charge on any atom is -0.490 e. The fourth-order valence-electron chi connectivity index (χ4n) is 3.11. The van der Waals surface area contributed by atoms with E-state index in [4.69, 9.17) is 14.2 Å². The van der Waals surface area contributed by atoms with Crippen molar-refractivity contribution in [1.82, 2.24) is 5.32 Å². The Morgan fingerprint density at radius 3 is 2.39 bits per heavy atom. The topological polar surface area (TPSA) is 103 Å². The molecular formula is C20H28N2O6. The number of carbonyl (C=O) groups excluding carboxylic acids is 3. The van der Waals surface area contributed by atoms with Crippen molar-refractivity contribution in [2.24, 2.45) is 5.92 Å². The van der Waals surface area contributed by atoms with Gasteiger partial charge in [-0.05, 0) is 44.7 Å². The summed E-state index contributed by atoms with van der Waals surface area (Å²) in [6.07, 6.45) is 4.64. The monoisotopic (exact) mass is 392 g/mol. The normalized spacial score (nSPS) is 13.6. The highest BCUT2D eigenvalue weighted by Crippen LogP contribution is 2.30. The Labute approximate surface area is 164 Å². The van der Waals surface area contributed by atoms with Gasteiger partial charge in [-0.15, -0.1) is 0 Å². The van der Waals surface area contributed by atoms with Crippen LogP contribution in [-0.2, 0) is 14.3 Å². The SMILES string of the molecule is CCOc1ccc(NC(=O)NC(=O)COC(=O)CC2CCCC2)cc1OCC. The van der Waals surface area contributed by atoms with Gasteiger partial charge in [-0.25, -0.2) is 4.79 Å². The summed E-state index contributed by atoms with van der Waals surface area (Å²) in [6, 6.07) is 4.21. The molecule has 2 N–H and O–H groups in total. The Hall–Kier alpha value is -2.77. The molecule has 1 fully saturated rings. The van der Waals surface area contributed by atoms with Crippen molar-refractivity contribution >= 4 is 23.6 Å². The molecule has 0 spiro atoms. The molecule has 1 aliphatic rings. The van der Waals surface area contributed by atoms with Crippen molar-refractivity contribution in [3.05, 3.63) is 18.2 Å². The first-order chi connectivity index (χ1) is 13.5. The van der Waals surface area contributed by atoms with Gasteiger partial charge in [0.2, 0.25) is 0 Å². The number of esters is 1. The van der Waals surface area contributed by atoms with Crippen molar-refractivity contribution in [3.8, 4) is 11.5 Å². The van der Waals surface area contributed by atoms with Gasteiger partial charge in [-0.3, -0.25) is 14.9 Å². The minimum atomic E-state index is -0.719. The Kier molecular flexibility index (Phi) is 8.58. The Balaban J connectivity index is 1.78. The summed E-state index contributed by atoms with van der Waals surface area (Å²) in [6.45, 7) is 4.16. The van der Waals surface area contributed by atoms with E-state index in [2.05, 4.69) is 10.6 Å². The van der Waals surface area contributed by atoms with Crippen LogP contribution >= 0.6 is 0 Å². The van der Waals surface area contributed by atoms with Crippen LogP contribution in [0.3, 0.4) is 0 Å². The van der Waals surface area contributed by atoms with Gasteiger partial charge in [-0.1, -0.05) is 12.8 Å². The predicted octanol–water partition coefficient (Wildman–Crippen LogP) is 3.26. The quantitative estimate of drug-likeness (QED) is 0.625. The Bertz CT molecular complexity index is 685. The van der Waals surface area contributed by atoms with Crippen LogP contribution < -0.4 is 20.1 Å². The maximum atomic E-state index is 12.0. The van der Waals surface area contributed by atoms with Gasteiger partial charge in [-0.2, -0.15) is 0 Å². The van der Waals surface area contributed by atoms with Gasteiger partial charge in [0.05, 0.1) is 13.2 Å². The number of imide groups is 1. The van der Waals surface area contributed by atoms with Crippen LogP contribution in [0.4, 0.5) is 10.5 Å². The summed E-state index contributed by atoms with van der Waals surface area (Å²) >= 11 is 0. The van der Waals surface area contributed by atoms with Gasteiger partial charge >= 0.3 is 12.0 Å². The van der Waals surface area contributed by atoms with E-state index in [1.165, 1.54) is 0 Å². The van der Waals surface area contributed by atoms with E-state index >= 15 is 0 Å². The lowest BCUT2D eigenvalue weighted by atomic mass is 10.1. The summed E-state index contributed by atoms with van der Waals surface area (Å²) in [5.41, 5.74) is 0.440. The first-order valence-electron chi connectivity index (χ1n) is 9.67. The zero-order valence-electron chi connectivity index (χ0n) is 16.4. The molecule has 0 aliphatic heterocycles. The largest absolute Gasteiger partial charge is 0.490 e. The minimum absolute atomic E-state index is 0.325. The molecule has 8 nitrogen and oxygen atoms in total. The zero-order valence-corrected chi connectivity index (χ0v) is 16.4. The number of ether oxygens (including phenoxy) is 3. The van der Waals surface area contributed by atoms with E-state index in [0.717, 1.165) is 25.7 Å². The van der Waals surface area contributed by atoms with Gasteiger partial charge < -0.3 is 19.5 Å². The summed E-state index contributed by atoms with van der Waals surface area (Å²) in [4.78, 5) is 35.5. The Morgan fingerprint density at radius 2 is 1.71 bits per heavy atom. The van der Waals surface area contributed by atoms with Crippen LogP contribution in [0.1, 0.15) is 46.0 Å². The average molecular weight is 392 g/mol. The standard InChI is InChI=1S/C20H28N2O6/c1-3-26-16-10-9-15(12-17(16)27-4-2)21-20(25)22-18(23)13-28-19(24)11-14-7-5-6-8-14/h9-10,12,14H,3-8,11,13H2,1-2H3,(H2,21,22,23,25). The fourth-order valence-corrected chi connectivity index (χ4v) is 3.11. The van der Waals surface area contributed by atoms with Gasteiger partial charge in [0, 0.05) is 18.2 Å². The maximum absolute atomic E-state index is 12.0. The number of benzene rings is 1. The lowest BCUT2D eigenvalue weighted by Gasteiger charge is -2.13. The van der Waals surface area contributed by atoms with Crippen LogP contribution in [0.25, 0.3) is 0 Å². The lowest BCUT2D eigenvalue weighted by Crippen LogP contribution is -2.37. The van der Waals surface area contributed by atoms with E-state index in [9.17, 15) is 14.4 Å². The number of anilines is 1. The molecule has 0 radical (unpaired) electrons. The molecule has 28 heavy (non-hydrogen) atoms. The van der Waals surface area contributed by atoms with Gasteiger partial charge in [0.25, 0.3) is 5.91 Å². The van der Waals surface area contributed by atoms with Crippen LogP contribution in [0.2, 0.25) is 0 Å². The second-order valence-electron chi connectivity index (χ2n) is 6.55. The molecule has 0 bridgehead atoms. The molecule has 8 heteroatoms. The van der Waals surface area contributed by atoms with Gasteiger partial charge in [0.15, 0.2) is 18.1 Å². The van der Waals surface area contributed by atoms with Crippen LogP contribution in [0.5, 0.6) is 11.5 Å². The molecule has 0 saturated heterocycles. The summed E-state index contributed by atoms with van der Waals surface area (Å²) in [5.74, 6) is 0.316. The molecule has 1 aromatic carbocycles. The lowest BCUT2D eigenvalue weighted by molar-refractivity contribution is -0.149. The third kappa shape index (κ3) is 7.09. The third-order valence-electron chi connectivity index (χ3n) is 4.35. The number of rotatable bonds is 9. The van der Waals surface area contributed by atoms with Gasteiger partial charge in [0.1, 0.15) is 0 Å². The predicted molar refractivity (Wildman–Crippen MR) is 103 cm³/mol. The zero-order chi connectivity index (χ0) is 20.4. The molecule has 154 valence electrons. The molecule has 0 atom stereocenters. The summed E-state index contributed by atoms with van der Waals surface area (Å²) in [7, 11) is 0. The molecule has 0 unspecified atom stereocenters. The number of urea groups is 1. The van der Waals surface area contributed by atoms with E-state index in [1.807, 2.05) is 13.8 Å². The van der Waals surface area contributed by atoms with Crippen molar-refractivity contribution in [1.29, 1.82) is 0 Å². The first kappa shape index (κ1) is 21.5. The molecule has 1 aliphatic carbocycles. The van der Waals surface area contributed by atoms with Crippen LogP contribution in [-0.4, -0.2) is 37.7 Å². The van der Waals surface area contributed by atoms with Crippen molar-refractivity contribution in [3.63, 3.8) is 0 Å². The number of amides is 3. The summed E-state index contributed by atoms with van der Waals surface area (Å²) < 4.78 is 15.9. The number of hydrogen-bond donors (Lipinski definition) is 2. The smallest absolute Gasteiger partial charge is 0.325 e. The highest BCUT2D eigenvalue weighted by molar-refractivity contribution is 6.02.